The van der Waals surface area contributed by atoms with Crippen molar-refractivity contribution in [1.82, 2.24) is 28.8 Å². The molecular formula is C70H67FN6O9S6. The Labute approximate surface area is 558 Å². The van der Waals surface area contributed by atoms with Gasteiger partial charge in [0, 0.05) is 54.8 Å². The fraction of sp³-hybridized carbons (Fsp3) is 0.171. The molecule has 0 fully saturated rings. The Morgan fingerprint density at radius 1 is 0.543 bits per heavy atom. The topological polar surface area (TPSA) is 206 Å². The van der Waals surface area contributed by atoms with Crippen molar-refractivity contribution >= 4 is 123 Å². The standard InChI is InChI=1S/2C15H14OS.C14H11FOS.C11H11NOS.C10H12N4O3S.C5H5NO2S/c1-11-3-5-12(6-4-11)13-7-9-14(10-8-13)15(16)17-2;1-17-15(16)14(12-8-4-2-5-9-12)13-10-6-3-7-11-13;1-17-14(16)12-4-2-10(3-5-12)11-6-8-13(15)9-7-11;1-14-11(13)6-8-7-12-10-5-3-2-4-9(8)10;1-12-8-7(9(16)13(2)10(12)17)14(5-11-8)4-6(15)18-3;1-9-5(7)4-2-3-6-8-4/h3-10H,1-2H3;2-11,14H,1H3;2-9H,1H3;2-5,7,12H,6H2,1H3;5H,4H2,1-3H3;2-3H,1H3. The van der Waals surface area contributed by atoms with Crippen LogP contribution in [0.25, 0.3) is 44.3 Å². The number of benzene rings is 7. The van der Waals surface area contributed by atoms with Gasteiger partial charge in [-0.1, -0.05) is 221 Å². The predicted octanol–water partition coefficient (Wildman–Crippen LogP) is 15.0. The molecule has 0 aliphatic heterocycles. The molecule has 0 amide bonds. The molecule has 0 aliphatic rings. The van der Waals surface area contributed by atoms with Gasteiger partial charge < -0.3 is 14.1 Å². The highest BCUT2D eigenvalue weighted by Gasteiger charge is 2.21. The van der Waals surface area contributed by atoms with E-state index in [9.17, 15) is 42.7 Å². The van der Waals surface area contributed by atoms with Crippen LogP contribution in [0.15, 0.2) is 221 Å². The number of rotatable bonds is 12. The number of aromatic nitrogens is 6. The minimum Gasteiger partial charge on any atom is -0.361 e. The SMILES string of the molecule is CSC(=O)C(c1ccccc1)c1ccccc1.CSC(=O)Cc1c[nH]c2ccccc12.CSC(=O)Cn1cnc2c1c(=O)n(C)c(=O)n2C.CSC(=O)c1ccc(-c2ccc(C)cc2)cc1.CSC(=O)c1ccc(-c2ccc(F)cc2)cc1.CSC(=O)c1ccno1. The number of para-hydroxylation sites is 1. The molecule has 0 saturated heterocycles. The van der Waals surface area contributed by atoms with E-state index in [0.717, 1.165) is 77.9 Å². The van der Waals surface area contributed by atoms with E-state index < -0.39 is 11.2 Å². The summed E-state index contributed by atoms with van der Waals surface area (Å²) in [5.74, 6) is -0.0992. The molecular weight excluding hydrogens is 1280 g/mol. The first-order valence-electron chi connectivity index (χ1n) is 28.0. The monoisotopic (exact) mass is 1350 g/mol. The largest absolute Gasteiger partial charge is 0.361 e. The fourth-order valence-electron chi connectivity index (χ4n) is 8.74. The quantitative estimate of drug-likeness (QED) is 0.121. The average Bonchev–Trinajstić information content (AvgIpc) is 1.59. The number of imidazole rings is 1. The highest BCUT2D eigenvalue weighted by atomic mass is 32.2. The number of aryl methyl sites for hydroxylation is 2. The van der Waals surface area contributed by atoms with Crippen LogP contribution in [-0.4, -0.2) is 97.1 Å². The molecule has 15 nitrogen and oxygen atoms in total. The molecule has 1 N–H and O–H groups in total. The summed E-state index contributed by atoms with van der Waals surface area (Å²) in [7, 11) is 2.94. The highest BCUT2D eigenvalue weighted by molar-refractivity contribution is 8.14. The normalized spacial score (nSPS) is 10.4. The van der Waals surface area contributed by atoms with E-state index in [1.165, 1.54) is 106 Å². The third kappa shape index (κ3) is 20.8. The summed E-state index contributed by atoms with van der Waals surface area (Å²) in [6, 6.07) is 59.2. The zero-order valence-electron chi connectivity index (χ0n) is 51.9. The van der Waals surface area contributed by atoms with Gasteiger partial charge in [0.2, 0.25) is 26.2 Å². The molecule has 0 saturated carbocycles. The summed E-state index contributed by atoms with van der Waals surface area (Å²) >= 11 is 7.19. The number of hydrogen-bond donors (Lipinski definition) is 1. The smallest absolute Gasteiger partial charge is 0.332 e. The van der Waals surface area contributed by atoms with Gasteiger partial charge in [-0.3, -0.25) is 42.7 Å². The predicted molar refractivity (Wildman–Crippen MR) is 381 cm³/mol. The summed E-state index contributed by atoms with van der Waals surface area (Å²) in [5.41, 5.74) is 10.9. The first-order chi connectivity index (χ1) is 44.4. The molecule has 4 heterocycles. The number of H-pyrrole nitrogens is 1. The maximum atomic E-state index is 12.8. The van der Waals surface area contributed by atoms with Crippen LogP contribution >= 0.6 is 70.6 Å². The van der Waals surface area contributed by atoms with Crippen LogP contribution < -0.4 is 11.2 Å². The Bertz CT molecular complexity index is 4190. The third-order valence-electron chi connectivity index (χ3n) is 13.7. The molecule has 0 unspecified atom stereocenters. The minimum atomic E-state index is -0.445. The van der Waals surface area contributed by atoms with E-state index in [2.05, 4.69) is 50.8 Å². The summed E-state index contributed by atoms with van der Waals surface area (Å²) in [4.78, 5) is 99.2. The lowest BCUT2D eigenvalue weighted by molar-refractivity contribution is -0.112. The number of thioether (sulfide) groups is 6. The van der Waals surface area contributed by atoms with Gasteiger partial charge in [-0.15, -0.1) is 0 Å². The number of aromatic amines is 1. The second-order valence-corrected chi connectivity index (χ2v) is 24.5. The average molecular weight is 1350 g/mol. The van der Waals surface area contributed by atoms with Crippen LogP contribution in [0.4, 0.5) is 4.39 Å². The fourth-order valence-corrected chi connectivity index (χ4v) is 10.9. The third-order valence-corrected chi connectivity index (χ3v) is 17.3. The van der Waals surface area contributed by atoms with Gasteiger partial charge in [0.15, 0.2) is 16.3 Å². The van der Waals surface area contributed by atoms with Crippen LogP contribution in [0.2, 0.25) is 0 Å². The molecule has 474 valence electrons. The Hall–Kier alpha value is -8.51. The van der Waals surface area contributed by atoms with Crippen molar-refractivity contribution < 1.29 is 37.7 Å². The van der Waals surface area contributed by atoms with Gasteiger partial charge >= 0.3 is 5.69 Å². The molecule has 0 spiro atoms. The molecule has 92 heavy (non-hydrogen) atoms. The Balaban J connectivity index is 0.000000177. The molecule has 0 radical (unpaired) electrons. The number of fused-ring (bicyclic) bond motifs is 2. The lowest BCUT2D eigenvalue weighted by atomic mass is 9.92. The second kappa shape index (κ2) is 37.1. The van der Waals surface area contributed by atoms with Gasteiger partial charge in [0.25, 0.3) is 10.7 Å². The van der Waals surface area contributed by atoms with Gasteiger partial charge in [-0.05, 0) is 126 Å². The van der Waals surface area contributed by atoms with Crippen molar-refractivity contribution in [2.75, 3.05) is 37.5 Å². The Morgan fingerprint density at radius 2 is 1.02 bits per heavy atom. The van der Waals surface area contributed by atoms with E-state index in [1.807, 2.05) is 140 Å². The van der Waals surface area contributed by atoms with Crippen molar-refractivity contribution in [3.05, 3.63) is 273 Å². The maximum Gasteiger partial charge on any atom is 0.332 e. The summed E-state index contributed by atoms with van der Waals surface area (Å²) in [6.45, 7) is 2.13. The van der Waals surface area contributed by atoms with Crippen LogP contribution in [0.5, 0.6) is 0 Å². The van der Waals surface area contributed by atoms with Crippen LogP contribution in [-0.2, 0) is 41.4 Å². The minimum absolute atomic E-state index is 0.0515. The summed E-state index contributed by atoms with van der Waals surface area (Å²) in [6.07, 6.45) is 15.9. The van der Waals surface area contributed by atoms with E-state index in [0.29, 0.717) is 17.7 Å². The maximum absolute atomic E-state index is 12.8. The molecule has 7 aromatic carbocycles. The number of carbonyl (C=O) groups is 6. The van der Waals surface area contributed by atoms with Crippen LogP contribution in [0, 0.1) is 12.7 Å². The van der Waals surface area contributed by atoms with E-state index >= 15 is 0 Å². The molecule has 11 aromatic rings. The Kier molecular flexibility index (Phi) is 29.3. The highest BCUT2D eigenvalue weighted by Crippen LogP contribution is 2.29. The van der Waals surface area contributed by atoms with E-state index in [1.54, 1.807) is 55.4 Å². The number of halogens is 1. The van der Waals surface area contributed by atoms with Gasteiger partial charge in [-0.2, -0.15) is 0 Å². The van der Waals surface area contributed by atoms with Crippen LogP contribution in [0.3, 0.4) is 0 Å². The zero-order valence-corrected chi connectivity index (χ0v) is 56.8. The molecule has 22 heteroatoms. The Morgan fingerprint density at radius 3 is 1.49 bits per heavy atom. The number of nitrogens with zero attached hydrogens (tertiary/aromatic N) is 5. The molecule has 4 aromatic heterocycles. The van der Waals surface area contributed by atoms with E-state index in [-0.39, 0.29) is 60.1 Å². The number of carbonyl (C=O) groups excluding carboxylic acids is 6. The van der Waals surface area contributed by atoms with Crippen molar-refractivity contribution in [2.45, 2.75) is 25.8 Å². The number of nitrogens with one attached hydrogen (secondary N) is 1. The van der Waals surface area contributed by atoms with Crippen molar-refractivity contribution in [3.8, 4) is 22.3 Å². The van der Waals surface area contributed by atoms with Crippen molar-refractivity contribution in [1.29, 1.82) is 0 Å². The zero-order chi connectivity index (χ0) is 66.7. The first-order valence-corrected chi connectivity index (χ1v) is 35.4. The first kappa shape index (κ1) is 72.6. The van der Waals surface area contributed by atoms with Crippen LogP contribution in [0.1, 0.15) is 59.4 Å². The molecule has 0 bridgehead atoms. The van der Waals surface area contributed by atoms with Gasteiger partial charge in [-0.25, -0.2) is 14.2 Å². The van der Waals surface area contributed by atoms with E-state index in [4.69, 9.17) is 0 Å². The number of hydrogen-bond acceptors (Lipinski definition) is 17. The van der Waals surface area contributed by atoms with Gasteiger partial charge in [0.05, 0.1) is 25.0 Å². The second-order valence-electron chi connectivity index (χ2n) is 19.6. The molecule has 11 rings (SSSR count). The lowest BCUT2D eigenvalue weighted by Gasteiger charge is -2.15. The van der Waals surface area contributed by atoms with Crippen molar-refractivity contribution in [3.63, 3.8) is 0 Å². The lowest BCUT2D eigenvalue weighted by Crippen LogP contribution is -2.37. The molecule has 0 aliphatic carbocycles. The molecule has 0 atom stereocenters. The summed E-state index contributed by atoms with van der Waals surface area (Å²) < 4.78 is 21.1. The van der Waals surface area contributed by atoms with Gasteiger partial charge in [0.1, 0.15) is 5.82 Å². The summed E-state index contributed by atoms with van der Waals surface area (Å²) in [5, 5.41) is 4.91. The van der Waals surface area contributed by atoms with Crippen molar-refractivity contribution in [2.24, 2.45) is 14.1 Å².